The van der Waals surface area contributed by atoms with E-state index >= 15 is 0 Å². The standard InChI is InChI=1S/C8H18O2/c1-4-7(9)8(10)5-6(2)3/h6-10H,4-5H2,1-3H3. The van der Waals surface area contributed by atoms with Crippen LogP contribution in [0, 0.1) is 5.92 Å². The zero-order chi connectivity index (χ0) is 8.15. The fourth-order valence-corrected chi connectivity index (χ4v) is 0.912. The first-order valence-corrected chi connectivity index (χ1v) is 3.94. The maximum Gasteiger partial charge on any atom is 0.0801 e. The Labute approximate surface area is 62.9 Å². The van der Waals surface area contributed by atoms with Crippen molar-refractivity contribution in [1.29, 1.82) is 0 Å². The summed E-state index contributed by atoms with van der Waals surface area (Å²) in [5, 5.41) is 18.4. The number of rotatable bonds is 4. The molecule has 2 N–H and O–H groups in total. The molecular weight excluding hydrogens is 128 g/mol. The summed E-state index contributed by atoms with van der Waals surface area (Å²) in [5.41, 5.74) is 0. The zero-order valence-electron chi connectivity index (χ0n) is 7.04. The van der Waals surface area contributed by atoms with Gasteiger partial charge in [0.2, 0.25) is 0 Å². The molecule has 10 heavy (non-hydrogen) atoms. The third kappa shape index (κ3) is 3.85. The molecule has 0 amide bonds. The van der Waals surface area contributed by atoms with E-state index in [1.807, 2.05) is 20.8 Å². The topological polar surface area (TPSA) is 40.5 Å². The number of aliphatic hydroxyl groups is 2. The minimum Gasteiger partial charge on any atom is -0.390 e. The predicted molar refractivity (Wildman–Crippen MR) is 41.8 cm³/mol. The molecule has 0 saturated heterocycles. The van der Waals surface area contributed by atoms with E-state index in [0.717, 1.165) is 0 Å². The van der Waals surface area contributed by atoms with Crippen molar-refractivity contribution in [2.75, 3.05) is 0 Å². The second-order valence-electron chi connectivity index (χ2n) is 3.17. The molecule has 0 fully saturated rings. The average Bonchev–Trinajstić information content (AvgIpc) is 1.85. The van der Waals surface area contributed by atoms with Crippen molar-refractivity contribution in [3.05, 3.63) is 0 Å². The second kappa shape index (κ2) is 4.69. The lowest BCUT2D eigenvalue weighted by atomic mass is 10.0. The minimum atomic E-state index is -0.539. The Morgan fingerprint density at radius 3 is 1.90 bits per heavy atom. The molecule has 2 unspecified atom stereocenters. The van der Waals surface area contributed by atoms with E-state index in [2.05, 4.69) is 0 Å². The van der Waals surface area contributed by atoms with E-state index in [-0.39, 0.29) is 0 Å². The van der Waals surface area contributed by atoms with Crippen molar-refractivity contribution in [3.63, 3.8) is 0 Å². The fourth-order valence-electron chi connectivity index (χ4n) is 0.912. The summed E-state index contributed by atoms with van der Waals surface area (Å²) in [6.07, 6.45) is 0.246. The van der Waals surface area contributed by atoms with Gasteiger partial charge in [0.1, 0.15) is 0 Å². The number of hydrogen-bond donors (Lipinski definition) is 2. The molecule has 0 aliphatic rings. The highest BCUT2D eigenvalue weighted by molar-refractivity contribution is 4.66. The molecule has 0 aliphatic carbocycles. The predicted octanol–water partition coefficient (Wildman–Crippen LogP) is 1.16. The molecule has 0 aromatic carbocycles. The Hall–Kier alpha value is -0.0800. The molecule has 0 bridgehead atoms. The highest BCUT2D eigenvalue weighted by Crippen LogP contribution is 2.09. The van der Waals surface area contributed by atoms with Crippen LogP contribution in [0.2, 0.25) is 0 Å². The number of hydrogen-bond acceptors (Lipinski definition) is 2. The third-order valence-electron chi connectivity index (χ3n) is 1.58. The molecule has 0 spiro atoms. The fraction of sp³-hybridized carbons (Fsp3) is 1.00. The molecule has 0 aromatic rings. The first-order chi connectivity index (χ1) is 4.57. The SMILES string of the molecule is CCC(O)C(O)CC(C)C. The van der Waals surface area contributed by atoms with Crippen molar-refractivity contribution < 1.29 is 10.2 Å². The van der Waals surface area contributed by atoms with Gasteiger partial charge in [0.05, 0.1) is 12.2 Å². The largest absolute Gasteiger partial charge is 0.390 e. The van der Waals surface area contributed by atoms with Crippen molar-refractivity contribution in [1.82, 2.24) is 0 Å². The molecule has 0 rings (SSSR count). The summed E-state index contributed by atoms with van der Waals surface area (Å²) in [6, 6.07) is 0. The lowest BCUT2D eigenvalue weighted by molar-refractivity contribution is 0.00588. The van der Waals surface area contributed by atoms with Crippen molar-refractivity contribution in [3.8, 4) is 0 Å². The van der Waals surface area contributed by atoms with E-state index < -0.39 is 12.2 Å². The molecule has 2 heteroatoms. The molecule has 2 nitrogen and oxygen atoms in total. The van der Waals surface area contributed by atoms with Crippen LogP contribution in [-0.4, -0.2) is 22.4 Å². The van der Waals surface area contributed by atoms with Gasteiger partial charge in [0, 0.05) is 0 Å². The molecule has 0 aromatic heterocycles. The van der Waals surface area contributed by atoms with Crippen molar-refractivity contribution in [2.45, 2.75) is 45.8 Å². The number of aliphatic hydroxyl groups excluding tert-OH is 2. The Bertz CT molecular complexity index is 81.3. The van der Waals surface area contributed by atoms with Gasteiger partial charge in [0.25, 0.3) is 0 Å². The normalized spacial score (nSPS) is 17.4. The van der Waals surface area contributed by atoms with Crippen molar-refractivity contribution >= 4 is 0 Å². The lowest BCUT2D eigenvalue weighted by Crippen LogP contribution is -2.26. The Kier molecular flexibility index (Phi) is 4.65. The van der Waals surface area contributed by atoms with Crippen LogP contribution in [0.5, 0.6) is 0 Å². The van der Waals surface area contributed by atoms with Crippen LogP contribution in [0.1, 0.15) is 33.6 Å². The van der Waals surface area contributed by atoms with Crippen molar-refractivity contribution in [2.24, 2.45) is 5.92 Å². The molecule has 0 saturated carbocycles. The Morgan fingerprint density at radius 2 is 1.60 bits per heavy atom. The van der Waals surface area contributed by atoms with Gasteiger partial charge >= 0.3 is 0 Å². The molecule has 0 heterocycles. The van der Waals surface area contributed by atoms with E-state index in [4.69, 9.17) is 5.11 Å². The van der Waals surface area contributed by atoms with E-state index in [9.17, 15) is 5.11 Å². The highest BCUT2D eigenvalue weighted by atomic mass is 16.3. The van der Waals surface area contributed by atoms with Crippen LogP contribution in [0.25, 0.3) is 0 Å². The van der Waals surface area contributed by atoms with Gasteiger partial charge in [-0.3, -0.25) is 0 Å². The van der Waals surface area contributed by atoms with Gasteiger partial charge in [0.15, 0.2) is 0 Å². The van der Waals surface area contributed by atoms with E-state index in [1.165, 1.54) is 0 Å². The quantitative estimate of drug-likeness (QED) is 0.625. The summed E-state index contributed by atoms with van der Waals surface area (Å²) in [5.74, 6) is 0.455. The van der Waals surface area contributed by atoms with E-state index in [1.54, 1.807) is 0 Å². The van der Waals surface area contributed by atoms with Crippen LogP contribution in [0.4, 0.5) is 0 Å². The summed E-state index contributed by atoms with van der Waals surface area (Å²) in [7, 11) is 0. The first-order valence-electron chi connectivity index (χ1n) is 3.94. The molecule has 2 atom stereocenters. The maximum absolute atomic E-state index is 9.24. The highest BCUT2D eigenvalue weighted by Gasteiger charge is 2.14. The maximum atomic E-state index is 9.24. The lowest BCUT2D eigenvalue weighted by Gasteiger charge is -2.17. The zero-order valence-corrected chi connectivity index (χ0v) is 7.04. The van der Waals surface area contributed by atoms with Gasteiger partial charge in [-0.2, -0.15) is 0 Å². The smallest absolute Gasteiger partial charge is 0.0801 e. The first kappa shape index (κ1) is 9.92. The van der Waals surface area contributed by atoms with Gasteiger partial charge in [-0.05, 0) is 18.8 Å². The second-order valence-corrected chi connectivity index (χ2v) is 3.17. The average molecular weight is 146 g/mol. The monoisotopic (exact) mass is 146 g/mol. The van der Waals surface area contributed by atoms with Crippen LogP contribution in [0.15, 0.2) is 0 Å². The van der Waals surface area contributed by atoms with Gasteiger partial charge in [-0.15, -0.1) is 0 Å². The summed E-state index contributed by atoms with van der Waals surface area (Å²) < 4.78 is 0. The van der Waals surface area contributed by atoms with Crippen LogP contribution >= 0.6 is 0 Å². The van der Waals surface area contributed by atoms with Crippen LogP contribution in [-0.2, 0) is 0 Å². The molecule has 0 aliphatic heterocycles. The molecule has 0 radical (unpaired) electrons. The van der Waals surface area contributed by atoms with Crippen LogP contribution in [0.3, 0.4) is 0 Å². The third-order valence-corrected chi connectivity index (χ3v) is 1.58. The van der Waals surface area contributed by atoms with E-state index in [0.29, 0.717) is 18.8 Å². The molecule has 62 valence electrons. The van der Waals surface area contributed by atoms with Gasteiger partial charge in [-0.1, -0.05) is 20.8 Å². The Balaban J connectivity index is 3.50. The van der Waals surface area contributed by atoms with Gasteiger partial charge in [-0.25, -0.2) is 0 Å². The summed E-state index contributed by atoms with van der Waals surface area (Å²) in [4.78, 5) is 0. The van der Waals surface area contributed by atoms with Crippen LogP contribution < -0.4 is 0 Å². The summed E-state index contributed by atoms with van der Waals surface area (Å²) in [6.45, 7) is 5.94. The molecular formula is C8H18O2. The minimum absolute atomic E-state index is 0.455. The Morgan fingerprint density at radius 1 is 1.10 bits per heavy atom. The summed E-state index contributed by atoms with van der Waals surface area (Å²) >= 11 is 0. The van der Waals surface area contributed by atoms with Gasteiger partial charge < -0.3 is 10.2 Å².